The maximum Gasteiger partial charge on any atom is 0.262 e. The van der Waals surface area contributed by atoms with Crippen LogP contribution >= 0.6 is 11.3 Å². The first kappa shape index (κ1) is 15.2. The highest BCUT2D eigenvalue weighted by molar-refractivity contribution is 7.20. The fourth-order valence-corrected chi connectivity index (χ4v) is 3.83. The summed E-state index contributed by atoms with van der Waals surface area (Å²) >= 11 is 1.33. The average Bonchev–Trinajstić information content (AvgIpc) is 3.04. The molecule has 22 heavy (non-hydrogen) atoms. The zero-order chi connectivity index (χ0) is 16.1. The fourth-order valence-electron chi connectivity index (χ4n) is 2.74. The number of aromatic nitrogens is 2. The molecule has 0 unspecified atom stereocenters. The first-order chi connectivity index (χ1) is 10.3. The van der Waals surface area contributed by atoms with E-state index in [9.17, 15) is 9.59 Å². The van der Waals surface area contributed by atoms with E-state index < -0.39 is 0 Å². The number of carbonyl (C=O) groups excluding carboxylic acids is 1. The maximum absolute atomic E-state index is 12.6. The Morgan fingerprint density at radius 1 is 1.45 bits per heavy atom. The second-order valence-corrected chi connectivity index (χ2v) is 7.52. The summed E-state index contributed by atoms with van der Waals surface area (Å²) in [6, 6.07) is 0. The Hall–Kier alpha value is -1.69. The summed E-state index contributed by atoms with van der Waals surface area (Å²) in [7, 11) is 0. The van der Waals surface area contributed by atoms with Gasteiger partial charge in [0.25, 0.3) is 11.5 Å². The summed E-state index contributed by atoms with van der Waals surface area (Å²) in [5, 5.41) is 3.64. The number of nitrogens with one attached hydrogen (secondary N) is 1. The predicted molar refractivity (Wildman–Crippen MR) is 88.8 cm³/mol. The zero-order valence-corrected chi connectivity index (χ0v) is 14.3. The average molecular weight is 319 g/mol. The second kappa shape index (κ2) is 5.19. The fraction of sp³-hybridized carbons (Fsp3) is 0.562. The smallest absolute Gasteiger partial charge is 0.262 e. The van der Waals surface area contributed by atoms with Crippen molar-refractivity contribution >= 4 is 27.5 Å². The van der Waals surface area contributed by atoms with Crippen LogP contribution in [0.5, 0.6) is 0 Å². The van der Waals surface area contributed by atoms with Crippen molar-refractivity contribution in [1.29, 1.82) is 0 Å². The molecule has 3 heterocycles. The van der Waals surface area contributed by atoms with E-state index >= 15 is 0 Å². The van der Waals surface area contributed by atoms with Gasteiger partial charge in [-0.25, -0.2) is 4.98 Å². The van der Waals surface area contributed by atoms with Gasteiger partial charge in [-0.2, -0.15) is 0 Å². The van der Waals surface area contributed by atoms with Crippen molar-refractivity contribution in [3.8, 4) is 0 Å². The van der Waals surface area contributed by atoms with Crippen molar-refractivity contribution in [2.45, 2.75) is 59.0 Å². The molecule has 1 amide bonds. The molecule has 0 atom stereocenters. The summed E-state index contributed by atoms with van der Waals surface area (Å²) < 4.78 is 1.75. The van der Waals surface area contributed by atoms with E-state index in [2.05, 4.69) is 10.3 Å². The predicted octanol–water partition coefficient (Wildman–Crippen LogP) is 2.63. The van der Waals surface area contributed by atoms with Crippen molar-refractivity contribution in [3.05, 3.63) is 26.6 Å². The molecule has 0 bridgehead atoms. The molecule has 3 rings (SSSR count). The van der Waals surface area contributed by atoms with Crippen LogP contribution in [0.2, 0.25) is 0 Å². The lowest BCUT2D eigenvalue weighted by atomic mass is 10.0. The van der Waals surface area contributed by atoms with E-state index in [0.717, 1.165) is 37.2 Å². The van der Waals surface area contributed by atoms with E-state index in [0.29, 0.717) is 15.1 Å². The lowest BCUT2D eigenvalue weighted by Crippen LogP contribution is -2.42. The van der Waals surface area contributed by atoms with Gasteiger partial charge >= 0.3 is 0 Å². The van der Waals surface area contributed by atoms with Gasteiger partial charge in [0.1, 0.15) is 10.7 Å². The number of aryl methyl sites for hydroxylation is 2. The largest absolute Gasteiger partial charge is 0.346 e. The number of hydrogen-bond acceptors (Lipinski definition) is 4. The van der Waals surface area contributed by atoms with Crippen LogP contribution in [0.15, 0.2) is 4.79 Å². The van der Waals surface area contributed by atoms with Crippen LogP contribution in [0.3, 0.4) is 0 Å². The first-order valence-electron chi connectivity index (χ1n) is 7.69. The van der Waals surface area contributed by atoms with Gasteiger partial charge < -0.3 is 5.32 Å². The van der Waals surface area contributed by atoms with Gasteiger partial charge in [0.2, 0.25) is 0 Å². The highest BCUT2D eigenvalue weighted by Crippen LogP contribution is 2.29. The third-order valence-electron chi connectivity index (χ3n) is 4.45. The van der Waals surface area contributed by atoms with Gasteiger partial charge in [-0.1, -0.05) is 6.92 Å². The molecule has 118 valence electrons. The van der Waals surface area contributed by atoms with Crippen molar-refractivity contribution in [1.82, 2.24) is 14.9 Å². The SMILES string of the molecule is CCC(C)(C)NC(=O)c1sc2nc3n(c(=O)c2c1C)CCC3. The summed E-state index contributed by atoms with van der Waals surface area (Å²) in [4.78, 5) is 31.0. The van der Waals surface area contributed by atoms with Crippen LogP contribution in [0.25, 0.3) is 10.2 Å². The molecule has 2 aromatic heterocycles. The molecule has 0 radical (unpaired) electrons. The molecule has 0 saturated carbocycles. The number of amides is 1. The lowest BCUT2D eigenvalue weighted by molar-refractivity contribution is 0.0915. The van der Waals surface area contributed by atoms with Crippen LogP contribution in [0.1, 0.15) is 54.7 Å². The van der Waals surface area contributed by atoms with Gasteiger partial charge in [0, 0.05) is 18.5 Å². The molecule has 5 nitrogen and oxygen atoms in total. The number of thiophene rings is 1. The monoisotopic (exact) mass is 319 g/mol. The minimum absolute atomic E-state index is 0.0000479. The van der Waals surface area contributed by atoms with Crippen molar-refractivity contribution in [2.24, 2.45) is 0 Å². The quantitative estimate of drug-likeness (QED) is 0.946. The number of hydrogen-bond donors (Lipinski definition) is 1. The Balaban J connectivity index is 2.10. The molecule has 0 saturated heterocycles. The Kier molecular flexibility index (Phi) is 3.59. The van der Waals surface area contributed by atoms with Crippen molar-refractivity contribution in [2.75, 3.05) is 0 Å². The zero-order valence-electron chi connectivity index (χ0n) is 13.4. The highest BCUT2D eigenvalue weighted by Gasteiger charge is 2.25. The topological polar surface area (TPSA) is 64.0 Å². The maximum atomic E-state index is 12.6. The summed E-state index contributed by atoms with van der Waals surface area (Å²) in [5.41, 5.74) is 0.494. The molecule has 0 fully saturated rings. The van der Waals surface area contributed by atoms with Crippen molar-refractivity contribution in [3.63, 3.8) is 0 Å². The molecule has 6 heteroatoms. The number of fused-ring (bicyclic) bond motifs is 2. The van der Waals surface area contributed by atoms with E-state index in [1.807, 2.05) is 27.7 Å². The van der Waals surface area contributed by atoms with E-state index in [-0.39, 0.29) is 17.0 Å². The van der Waals surface area contributed by atoms with Crippen molar-refractivity contribution < 1.29 is 4.79 Å². The highest BCUT2D eigenvalue weighted by atomic mass is 32.1. The second-order valence-electron chi connectivity index (χ2n) is 6.52. The molecule has 0 aliphatic carbocycles. The summed E-state index contributed by atoms with van der Waals surface area (Å²) in [6.07, 6.45) is 2.65. The van der Waals surface area contributed by atoms with E-state index in [4.69, 9.17) is 0 Å². The van der Waals surface area contributed by atoms with Crippen LogP contribution in [0.4, 0.5) is 0 Å². The summed E-state index contributed by atoms with van der Waals surface area (Å²) in [5.74, 6) is 0.733. The Labute approximate surface area is 133 Å². The Morgan fingerprint density at radius 2 is 2.18 bits per heavy atom. The standard InChI is InChI=1S/C16H21N3O2S/c1-5-16(3,4)18-13(20)12-9(2)11-14(22-12)17-10-7-6-8-19(10)15(11)21/h5-8H2,1-4H3,(H,18,20). The number of rotatable bonds is 3. The van der Waals surface area contributed by atoms with E-state index in [1.54, 1.807) is 4.57 Å². The molecule has 0 aromatic carbocycles. The van der Waals surface area contributed by atoms with Crippen LogP contribution in [0, 0.1) is 6.92 Å². The van der Waals surface area contributed by atoms with E-state index in [1.165, 1.54) is 11.3 Å². The number of carbonyl (C=O) groups is 1. The molecule has 1 aliphatic rings. The van der Waals surface area contributed by atoms with Gasteiger partial charge in [-0.3, -0.25) is 14.2 Å². The minimum atomic E-state index is -0.260. The van der Waals surface area contributed by atoms with Gasteiger partial charge in [-0.05, 0) is 39.2 Å². The third-order valence-corrected chi connectivity index (χ3v) is 5.64. The molecular formula is C16H21N3O2S. The third kappa shape index (κ3) is 2.35. The number of nitrogens with zero attached hydrogens (tertiary/aromatic N) is 2. The minimum Gasteiger partial charge on any atom is -0.346 e. The molecule has 1 aliphatic heterocycles. The summed E-state index contributed by atoms with van der Waals surface area (Å²) in [6.45, 7) is 8.61. The van der Waals surface area contributed by atoms with Crippen LogP contribution in [-0.4, -0.2) is 21.0 Å². The molecular weight excluding hydrogens is 298 g/mol. The van der Waals surface area contributed by atoms with Crippen LogP contribution < -0.4 is 10.9 Å². The lowest BCUT2D eigenvalue weighted by Gasteiger charge is -2.24. The van der Waals surface area contributed by atoms with Gasteiger partial charge in [0.15, 0.2) is 0 Å². The molecule has 1 N–H and O–H groups in total. The Morgan fingerprint density at radius 3 is 2.86 bits per heavy atom. The van der Waals surface area contributed by atoms with Gasteiger partial charge in [-0.15, -0.1) is 11.3 Å². The van der Waals surface area contributed by atoms with Gasteiger partial charge in [0.05, 0.1) is 10.3 Å². The normalized spacial score (nSPS) is 14.4. The molecule has 2 aromatic rings. The van der Waals surface area contributed by atoms with Crippen LogP contribution in [-0.2, 0) is 13.0 Å². The molecule has 0 spiro atoms. The first-order valence-corrected chi connectivity index (χ1v) is 8.51. The Bertz CT molecular complexity index is 817.